The van der Waals surface area contributed by atoms with Gasteiger partial charge in [-0.05, 0) is 81.5 Å². The minimum atomic E-state index is 0.0103. The van der Waals surface area contributed by atoms with E-state index in [1.54, 1.807) is 6.20 Å². The van der Waals surface area contributed by atoms with Gasteiger partial charge in [-0.15, -0.1) is 0 Å². The first-order valence-corrected chi connectivity index (χ1v) is 12.0. The second-order valence-electron chi connectivity index (χ2n) is 7.79. The van der Waals surface area contributed by atoms with Gasteiger partial charge in [0.25, 0.3) is 0 Å². The number of benzene rings is 1. The molecule has 0 radical (unpaired) electrons. The quantitative estimate of drug-likeness (QED) is 0.567. The summed E-state index contributed by atoms with van der Waals surface area (Å²) in [6.07, 6.45) is 6.83. The molecule has 0 spiro atoms. The number of piperidine rings is 1. The summed E-state index contributed by atoms with van der Waals surface area (Å²) in [4.78, 5) is 19.1. The van der Waals surface area contributed by atoms with Gasteiger partial charge in [-0.1, -0.05) is 27.7 Å². The highest BCUT2D eigenvalue weighted by molar-refractivity contribution is 5.93. The molecule has 0 unspecified atom stereocenters. The number of aromatic nitrogens is 1. The molecule has 1 fully saturated rings. The van der Waals surface area contributed by atoms with Gasteiger partial charge < -0.3 is 20.3 Å². The molecule has 1 aromatic heterocycles. The highest BCUT2D eigenvalue weighted by Crippen LogP contribution is 2.24. The normalized spacial score (nSPS) is 14.2. The minimum absolute atomic E-state index is 0.0103. The van der Waals surface area contributed by atoms with E-state index in [-0.39, 0.29) is 12.0 Å². The Labute approximate surface area is 187 Å². The van der Waals surface area contributed by atoms with E-state index in [1.165, 1.54) is 0 Å². The summed E-state index contributed by atoms with van der Waals surface area (Å²) < 4.78 is 6.14. The van der Waals surface area contributed by atoms with Gasteiger partial charge >= 0.3 is 0 Å². The summed E-state index contributed by atoms with van der Waals surface area (Å²) in [7, 11) is 0. The molecule has 2 N–H and O–H groups in total. The highest BCUT2D eigenvalue weighted by atomic mass is 16.5. The fourth-order valence-corrected chi connectivity index (χ4v) is 3.80. The second-order valence-corrected chi connectivity index (χ2v) is 7.79. The lowest BCUT2D eigenvalue weighted by molar-refractivity contribution is -0.116. The number of carbonyl (C=O) groups excluding carboxylic acids is 1. The number of pyridine rings is 1. The van der Waals surface area contributed by atoms with Crippen molar-refractivity contribution < 1.29 is 9.53 Å². The molecule has 6 heteroatoms. The Morgan fingerprint density at radius 2 is 1.81 bits per heavy atom. The van der Waals surface area contributed by atoms with Gasteiger partial charge in [-0.25, -0.2) is 4.98 Å². The molecule has 1 aliphatic heterocycles. The standard InChI is InChI=1S/C23H34N4O2.C2H6/c1-3-12-27(13-4-2)14-9-23(28)26-22-16-19-15-21(6-5-18(19)17-25-22)29-20-7-10-24-11-8-20;1-2/h5-6,15-17,20,24H,3-4,7-14H2,1-2H3,(H,25,26,28);1-2H3. The molecule has 1 saturated heterocycles. The van der Waals surface area contributed by atoms with Crippen molar-refractivity contribution in [3.05, 3.63) is 30.5 Å². The highest BCUT2D eigenvalue weighted by Gasteiger charge is 2.15. The number of fused-ring (bicyclic) bond motifs is 1. The molecular weight excluding hydrogens is 388 g/mol. The van der Waals surface area contributed by atoms with Gasteiger partial charge in [0.15, 0.2) is 0 Å². The average Bonchev–Trinajstić information content (AvgIpc) is 2.79. The molecule has 1 amide bonds. The van der Waals surface area contributed by atoms with Crippen molar-refractivity contribution in [2.24, 2.45) is 0 Å². The van der Waals surface area contributed by atoms with E-state index >= 15 is 0 Å². The SMILES string of the molecule is CC.CCCN(CCC)CCC(=O)Nc1cc2cc(OC3CCNCC3)ccc2cn1. The summed E-state index contributed by atoms with van der Waals surface area (Å²) in [6, 6.07) is 8.00. The van der Waals surface area contributed by atoms with Crippen LogP contribution in [0, 0.1) is 0 Å². The first-order valence-electron chi connectivity index (χ1n) is 12.0. The van der Waals surface area contributed by atoms with Crippen molar-refractivity contribution in [3.63, 3.8) is 0 Å². The van der Waals surface area contributed by atoms with Crippen molar-refractivity contribution in [1.82, 2.24) is 15.2 Å². The van der Waals surface area contributed by atoms with Gasteiger partial charge in [0.05, 0.1) is 0 Å². The molecule has 1 aromatic carbocycles. The number of anilines is 1. The Morgan fingerprint density at radius 1 is 1.10 bits per heavy atom. The van der Waals surface area contributed by atoms with Gasteiger partial charge in [0.1, 0.15) is 17.7 Å². The summed E-state index contributed by atoms with van der Waals surface area (Å²) >= 11 is 0. The van der Waals surface area contributed by atoms with Crippen LogP contribution in [0.1, 0.15) is 59.8 Å². The number of hydrogen-bond donors (Lipinski definition) is 2. The number of hydrogen-bond acceptors (Lipinski definition) is 5. The van der Waals surface area contributed by atoms with Crippen LogP contribution < -0.4 is 15.4 Å². The molecule has 172 valence electrons. The number of nitrogens with one attached hydrogen (secondary N) is 2. The summed E-state index contributed by atoms with van der Waals surface area (Å²) in [6.45, 7) is 13.2. The fraction of sp³-hybridized carbons (Fsp3) is 0.600. The monoisotopic (exact) mass is 428 g/mol. The maximum absolute atomic E-state index is 12.4. The van der Waals surface area contributed by atoms with Crippen LogP contribution in [0.2, 0.25) is 0 Å². The third kappa shape index (κ3) is 8.46. The van der Waals surface area contributed by atoms with Crippen molar-refractivity contribution in [2.75, 3.05) is 38.0 Å². The Bertz CT molecular complexity index is 784. The number of nitrogens with zero attached hydrogens (tertiary/aromatic N) is 2. The van der Waals surface area contributed by atoms with E-state index in [9.17, 15) is 4.79 Å². The zero-order valence-corrected chi connectivity index (χ0v) is 19.7. The van der Waals surface area contributed by atoms with Crippen LogP contribution in [-0.2, 0) is 4.79 Å². The van der Waals surface area contributed by atoms with Gasteiger partial charge in [-0.2, -0.15) is 0 Å². The minimum Gasteiger partial charge on any atom is -0.490 e. The van der Waals surface area contributed by atoms with Crippen LogP contribution in [-0.4, -0.2) is 54.6 Å². The lowest BCUT2D eigenvalue weighted by atomic mass is 10.1. The smallest absolute Gasteiger partial charge is 0.226 e. The third-order valence-electron chi connectivity index (χ3n) is 5.28. The summed E-state index contributed by atoms with van der Waals surface area (Å²) in [5.41, 5.74) is 0. The molecule has 2 heterocycles. The van der Waals surface area contributed by atoms with E-state index in [2.05, 4.69) is 34.4 Å². The van der Waals surface area contributed by atoms with E-state index < -0.39 is 0 Å². The largest absolute Gasteiger partial charge is 0.490 e. The molecule has 0 atom stereocenters. The lowest BCUT2D eigenvalue weighted by Gasteiger charge is -2.24. The van der Waals surface area contributed by atoms with Gasteiger partial charge in [0.2, 0.25) is 5.91 Å². The Hall–Kier alpha value is -2.18. The Morgan fingerprint density at radius 3 is 2.48 bits per heavy atom. The molecule has 0 bridgehead atoms. The van der Waals surface area contributed by atoms with Crippen molar-refractivity contribution >= 4 is 22.5 Å². The van der Waals surface area contributed by atoms with Crippen LogP contribution in [0.3, 0.4) is 0 Å². The van der Waals surface area contributed by atoms with Crippen LogP contribution in [0.5, 0.6) is 5.75 Å². The predicted molar refractivity (Wildman–Crippen MR) is 130 cm³/mol. The van der Waals surface area contributed by atoms with Crippen LogP contribution in [0.25, 0.3) is 10.8 Å². The van der Waals surface area contributed by atoms with E-state index in [0.29, 0.717) is 12.2 Å². The fourth-order valence-electron chi connectivity index (χ4n) is 3.80. The Kier molecular flexibility index (Phi) is 11.3. The van der Waals surface area contributed by atoms with E-state index in [1.807, 2.05) is 38.1 Å². The zero-order chi connectivity index (χ0) is 22.5. The van der Waals surface area contributed by atoms with Crippen molar-refractivity contribution in [1.29, 1.82) is 0 Å². The molecule has 1 aliphatic rings. The van der Waals surface area contributed by atoms with E-state index in [4.69, 9.17) is 4.74 Å². The first kappa shape index (κ1) is 25.1. The summed E-state index contributed by atoms with van der Waals surface area (Å²) in [5, 5.41) is 8.37. The molecule has 3 rings (SSSR count). The molecule has 31 heavy (non-hydrogen) atoms. The topological polar surface area (TPSA) is 66.5 Å². The number of ether oxygens (including phenoxy) is 1. The maximum Gasteiger partial charge on any atom is 0.226 e. The zero-order valence-electron chi connectivity index (χ0n) is 19.7. The van der Waals surface area contributed by atoms with Crippen LogP contribution in [0.4, 0.5) is 5.82 Å². The number of carbonyl (C=O) groups is 1. The molecule has 2 aromatic rings. The van der Waals surface area contributed by atoms with Crippen LogP contribution in [0.15, 0.2) is 30.5 Å². The van der Waals surface area contributed by atoms with Crippen molar-refractivity contribution in [2.45, 2.75) is 65.9 Å². The third-order valence-corrected chi connectivity index (χ3v) is 5.28. The molecule has 0 saturated carbocycles. The maximum atomic E-state index is 12.4. The van der Waals surface area contributed by atoms with Crippen molar-refractivity contribution in [3.8, 4) is 5.75 Å². The number of rotatable bonds is 10. The van der Waals surface area contributed by atoms with Gasteiger partial charge in [-0.3, -0.25) is 4.79 Å². The molecule has 6 nitrogen and oxygen atoms in total. The van der Waals surface area contributed by atoms with Gasteiger partial charge in [0, 0.05) is 24.5 Å². The average molecular weight is 429 g/mol. The molecular formula is C25H40N4O2. The molecule has 0 aliphatic carbocycles. The van der Waals surface area contributed by atoms with E-state index in [0.717, 1.165) is 74.9 Å². The van der Waals surface area contributed by atoms with Crippen LogP contribution >= 0.6 is 0 Å². The first-order chi connectivity index (χ1) is 15.2. The second kappa shape index (κ2) is 14.0. The lowest BCUT2D eigenvalue weighted by Crippen LogP contribution is -2.34. The Balaban J connectivity index is 0.00000166. The summed E-state index contributed by atoms with van der Waals surface area (Å²) in [5.74, 6) is 1.48. The number of amides is 1. The predicted octanol–water partition coefficient (Wildman–Crippen LogP) is 4.84.